The Hall–Kier alpha value is -2.90. The van der Waals surface area contributed by atoms with Gasteiger partial charge in [0.25, 0.3) is 5.91 Å². The molecule has 0 aliphatic rings. The van der Waals surface area contributed by atoms with Crippen molar-refractivity contribution >= 4 is 17.2 Å². The molecule has 0 spiro atoms. The highest BCUT2D eigenvalue weighted by Gasteiger charge is 2.26. The molecule has 0 bridgehead atoms. The van der Waals surface area contributed by atoms with E-state index in [2.05, 4.69) is 15.5 Å². The highest BCUT2D eigenvalue weighted by atomic mass is 19.4. The molecule has 3 aromatic rings. The van der Waals surface area contributed by atoms with E-state index in [0.717, 1.165) is 0 Å². The molecule has 0 aliphatic carbocycles. The molecule has 0 atom stereocenters. The monoisotopic (exact) mass is 334 g/mol. The first-order chi connectivity index (χ1) is 11.4. The third-order valence-electron chi connectivity index (χ3n) is 3.46. The largest absolute Gasteiger partial charge is 0.389 e. The first-order valence-corrected chi connectivity index (χ1v) is 7.17. The lowest BCUT2D eigenvalue weighted by Gasteiger charge is -2.08. The van der Waals surface area contributed by atoms with Crippen LogP contribution in [0.15, 0.2) is 48.9 Å². The van der Waals surface area contributed by atoms with Crippen LogP contribution in [0.5, 0.6) is 0 Å². The lowest BCUT2D eigenvalue weighted by molar-refractivity contribution is -0.133. The number of amides is 1. The Balaban J connectivity index is 1.65. The maximum Gasteiger partial charge on any atom is 0.389 e. The van der Waals surface area contributed by atoms with Crippen LogP contribution < -0.4 is 5.32 Å². The quantitative estimate of drug-likeness (QED) is 0.795. The molecular weight excluding hydrogens is 321 g/mol. The summed E-state index contributed by atoms with van der Waals surface area (Å²) in [6, 6.07) is 9.61. The molecule has 0 radical (unpaired) electrons. The van der Waals surface area contributed by atoms with Gasteiger partial charge in [-0.3, -0.25) is 9.20 Å². The maximum atomic E-state index is 12.2. The minimum absolute atomic E-state index is 0.0813. The van der Waals surface area contributed by atoms with E-state index >= 15 is 0 Å². The van der Waals surface area contributed by atoms with E-state index in [1.807, 2.05) is 0 Å². The van der Waals surface area contributed by atoms with Crippen molar-refractivity contribution in [1.82, 2.24) is 14.6 Å². The smallest absolute Gasteiger partial charge is 0.322 e. The van der Waals surface area contributed by atoms with Crippen LogP contribution in [0.25, 0.3) is 5.65 Å². The van der Waals surface area contributed by atoms with E-state index in [4.69, 9.17) is 0 Å². The predicted octanol–water partition coefficient (Wildman–Crippen LogP) is 3.48. The first kappa shape index (κ1) is 16.0. The number of halogens is 3. The average Bonchev–Trinajstić information content (AvgIpc) is 3.01. The van der Waals surface area contributed by atoms with Crippen LogP contribution in [0.3, 0.4) is 0 Å². The molecule has 0 unspecified atom stereocenters. The van der Waals surface area contributed by atoms with Crippen molar-refractivity contribution in [3.05, 3.63) is 60.0 Å². The Bertz CT molecular complexity index is 856. The SMILES string of the molecule is O=C(Nc1ccc(CCC(F)(F)F)cc1)c1ccc2nncn2c1. The minimum atomic E-state index is -4.17. The fraction of sp³-hybridized carbons (Fsp3) is 0.188. The van der Waals surface area contributed by atoms with Gasteiger partial charge in [-0.25, -0.2) is 0 Å². The second-order valence-corrected chi connectivity index (χ2v) is 5.28. The number of hydrogen-bond acceptors (Lipinski definition) is 3. The molecule has 124 valence electrons. The molecule has 8 heteroatoms. The average molecular weight is 334 g/mol. The van der Waals surface area contributed by atoms with Crippen LogP contribution in [0.1, 0.15) is 22.3 Å². The number of rotatable bonds is 4. The van der Waals surface area contributed by atoms with E-state index in [9.17, 15) is 18.0 Å². The third kappa shape index (κ3) is 3.89. The molecule has 1 N–H and O–H groups in total. The minimum Gasteiger partial charge on any atom is -0.322 e. The summed E-state index contributed by atoms with van der Waals surface area (Å²) in [5.41, 5.74) is 2.12. The number of carbonyl (C=O) groups excluding carboxylic acids is 1. The van der Waals surface area contributed by atoms with Crippen LogP contribution in [0.4, 0.5) is 18.9 Å². The topological polar surface area (TPSA) is 59.3 Å². The molecule has 0 aliphatic heterocycles. The van der Waals surface area contributed by atoms with Gasteiger partial charge in [-0.15, -0.1) is 10.2 Å². The molecule has 3 rings (SSSR count). The zero-order valence-corrected chi connectivity index (χ0v) is 12.4. The Kier molecular flexibility index (Phi) is 4.20. The molecule has 24 heavy (non-hydrogen) atoms. The summed E-state index contributed by atoms with van der Waals surface area (Å²) in [4.78, 5) is 12.2. The summed E-state index contributed by atoms with van der Waals surface area (Å²) in [5.74, 6) is -0.325. The van der Waals surface area contributed by atoms with Crippen molar-refractivity contribution in [2.75, 3.05) is 5.32 Å². The van der Waals surface area contributed by atoms with E-state index in [1.54, 1.807) is 47.0 Å². The lowest BCUT2D eigenvalue weighted by Crippen LogP contribution is -2.12. The number of aryl methyl sites for hydroxylation is 1. The van der Waals surface area contributed by atoms with Crippen molar-refractivity contribution in [2.45, 2.75) is 19.0 Å². The zero-order valence-electron chi connectivity index (χ0n) is 12.4. The van der Waals surface area contributed by atoms with Crippen molar-refractivity contribution in [1.29, 1.82) is 0 Å². The van der Waals surface area contributed by atoms with Crippen molar-refractivity contribution < 1.29 is 18.0 Å². The van der Waals surface area contributed by atoms with Gasteiger partial charge < -0.3 is 5.32 Å². The second-order valence-electron chi connectivity index (χ2n) is 5.28. The van der Waals surface area contributed by atoms with E-state index in [0.29, 0.717) is 22.5 Å². The van der Waals surface area contributed by atoms with Crippen LogP contribution in [-0.2, 0) is 6.42 Å². The fourth-order valence-corrected chi connectivity index (χ4v) is 2.21. The lowest BCUT2D eigenvalue weighted by atomic mass is 10.1. The van der Waals surface area contributed by atoms with Gasteiger partial charge >= 0.3 is 6.18 Å². The van der Waals surface area contributed by atoms with Crippen LogP contribution >= 0.6 is 0 Å². The second kappa shape index (κ2) is 6.31. The van der Waals surface area contributed by atoms with Crippen molar-refractivity contribution in [3.8, 4) is 0 Å². The summed E-state index contributed by atoms with van der Waals surface area (Å²) in [7, 11) is 0. The van der Waals surface area contributed by atoms with Gasteiger partial charge in [0.2, 0.25) is 0 Å². The molecule has 2 aromatic heterocycles. The summed E-state index contributed by atoms with van der Waals surface area (Å²) in [6.07, 6.45) is -2.03. The Morgan fingerprint density at radius 1 is 1.12 bits per heavy atom. The standard InChI is InChI=1S/C16H13F3N4O/c17-16(18,19)8-7-11-1-4-13(5-2-11)21-15(24)12-3-6-14-22-20-10-23(14)9-12/h1-6,9-10H,7-8H2,(H,21,24). The van der Waals surface area contributed by atoms with Gasteiger partial charge in [0.05, 0.1) is 5.56 Å². The molecule has 0 saturated heterocycles. The molecule has 1 aromatic carbocycles. The van der Waals surface area contributed by atoms with Gasteiger partial charge in [0.15, 0.2) is 5.65 Å². The Morgan fingerprint density at radius 2 is 1.88 bits per heavy atom. The molecular formula is C16H13F3N4O. The number of anilines is 1. The number of hydrogen-bond donors (Lipinski definition) is 1. The summed E-state index contributed by atoms with van der Waals surface area (Å²) in [6.45, 7) is 0. The van der Waals surface area contributed by atoms with Gasteiger partial charge in [-0.1, -0.05) is 12.1 Å². The number of aromatic nitrogens is 3. The summed E-state index contributed by atoms with van der Waals surface area (Å²) >= 11 is 0. The molecule has 0 saturated carbocycles. The molecule has 0 fully saturated rings. The number of pyridine rings is 1. The number of fused-ring (bicyclic) bond motifs is 1. The van der Waals surface area contributed by atoms with Crippen LogP contribution in [0, 0.1) is 0 Å². The number of benzene rings is 1. The number of alkyl halides is 3. The van der Waals surface area contributed by atoms with E-state index in [1.165, 1.54) is 6.33 Å². The Morgan fingerprint density at radius 3 is 2.58 bits per heavy atom. The van der Waals surface area contributed by atoms with Crippen LogP contribution in [0.2, 0.25) is 0 Å². The maximum absolute atomic E-state index is 12.2. The van der Waals surface area contributed by atoms with Crippen molar-refractivity contribution in [2.24, 2.45) is 0 Å². The van der Waals surface area contributed by atoms with Gasteiger partial charge in [0, 0.05) is 18.3 Å². The Labute approximate surface area is 135 Å². The molecule has 2 heterocycles. The summed E-state index contributed by atoms with van der Waals surface area (Å²) in [5, 5.41) is 10.3. The highest BCUT2D eigenvalue weighted by molar-refractivity contribution is 6.04. The fourth-order valence-electron chi connectivity index (χ4n) is 2.21. The highest BCUT2D eigenvalue weighted by Crippen LogP contribution is 2.22. The van der Waals surface area contributed by atoms with E-state index < -0.39 is 12.6 Å². The third-order valence-corrected chi connectivity index (χ3v) is 3.46. The van der Waals surface area contributed by atoms with Crippen molar-refractivity contribution in [3.63, 3.8) is 0 Å². The van der Waals surface area contributed by atoms with Crippen LogP contribution in [-0.4, -0.2) is 26.7 Å². The summed E-state index contributed by atoms with van der Waals surface area (Å²) < 4.78 is 38.2. The van der Waals surface area contributed by atoms with E-state index in [-0.39, 0.29) is 12.3 Å². The molecule has 1 amide bonds. The van der Waals surface area contributed by atoms with Gasteiger partial charge in [0.1, 0.15) is 6.33 Å². The first-order valence-electron chi connectivity index (χ1n) is 7.17. The number of carbonyl (C=O) groups is 1. The normalized spacial score (nSPS) is 11.6. The number of nitrogens with one attached hydrogen (secondary N) is 1. The number of nitrogens with zero attached hydrogens (tertiary/aromatic N) is 3. The van der Waals surface area contributed by atoms with Gasteiger partial charge in [-0.05, 0) is 36.2 Å². The predicted molar refractivity (Wildman–Crippen MR) is 81.8 cm³/mol. The molecule has 5 nitrogen and oxygen atoms in total. The zero-order chi connectivity index (χ0) is 17.2. The van der Waals surface area contributed by atoms with Gasteiger partial charge in [-0.2, -0.15) is 13.2 Å².